The number of hydrogen-bond donors (Lipinski definition) is 1. The van der Waals surface area contributed by atoms with Gasteiger partial charge in [0.15, 0.2) is 0 Å². The van der Waals surface area contributed by atoms with Crippen molar-refractivity contribution in [3.8, 4) is 5.75 Å². The molecule has 2 nitrogen and oxygen atoms in total. The second kappa shape index (κ2) is 2.99. The molecule has 2 heteroatoms. The van der Waals surface area contributed by atoms with Crippen LogP contribution < -0.4 is 4.74 Å². The summed E-state index contributed by atoms with van der Waals surface area (Å²) in [4.78, 5) is 0. The molecule has 1 aliphatic heterocycles. The van der Waals surface area contributed by atoms with Crippen molar-refractivity contribution in [2.75, 3.05) is 0 Å². The molecule has 0 aromatic heterocycles. The summed E-state index contributed by atoms with van der Waals surface area (Å²) in [6, 6.07) is 8.22. The Kier molecular flexibility index (Phi) is 1.84. The largest absolute Gasteiger partial charge is 0.487 e. The van der Waals surface area contributed by atoms with E-state index < -0.39 is 0 Å². The van der Waals surface area contributed by atoms with E-state index in [2.05, 4.69) is 13.0 Å². The smallest absolute Gasteiger partial charge is 0.123 e. The van der Waals surface area contributed by atoms with Gasteiger partial charge in [-0.2, -0.15) is 0 Å². The summed E-state index contributed by atoms with van der Waals surface area (Å²) in [7, 11) is 0. The predicted molar refractivity (Wildman–Crippen MR) is 58.1 cm³/mol. The molecular weight excluding hydrogens is 188 g/mol. The molecule has 0 radical (unpaired) electrons. The van der Waals surface area contributed by atoms with Crippen LogP contribution in [0.3, 0.4) is 0 Å². The molecule has 2 aliphatic rings. The number of rotatable bonds is 0. The quantitative estimate of drug-likeness (QED) is 0.703. The molecule has 2 bridgehead atoms. The van der Waals surface area contributed by atoms with Crippen LogP contribution in [0, 0.1) is 0 Å². The molecule has 1 fully saturated rings. The maximum Gasteiger partial charge on any atom is 0.123 e. The van der Waals surface area contributed by atoms with Gasteiger partial charge in [0.05, 0.1) is 6.10 Å². The van der Waals surface area contributed by atoms with Crippen molar-refractivity contribution in [3.05, 3.63) is 29.8 Å². The van der Waals surface area contributed by atoms with E-state index in [1.807, 2.05) is 18.2 Å². The summed E-state index contributed by atoms with van der Waals surface area (Å²) < 4.78 is 6.00. The Labute approximate surface area is 89.9 Å². The number of aliphatic hydroxyl groups excluding tert-OH is 1. The van der Waals surface area contributed by atoms with E-state index in [4.69, 9.17) is 4.74 Å². The monoisotopic (exact) mass is 204 g/mol. The highest BCUT2D eigenvalue weighted by molar-refractivity contribution is 5.40. The van der Waals surface area contributed by atoms with Crippen LogP contribution in [0.2, 0.25) is 0 Å². The zero-order chi connectivity index (χ0) is 10.5. The van der Waals surface area contributed by atoms with E-state index in [9.17, 15) is 5.11 Å². The number of para-hydroxylation sites is 1. The summed E-state index contributed by atoms with van der Waals surface area (Å²) in [6.45, 7) is 2.11. The van der Waals surface area contributed by atoms with Crippen molar-refractivity contribution >= 4 is 0 Å². The Morgan fingerprint density at radius 2 is 2.13 bits per heavy atom. The minimum Gasteiger partial charge on any atom is -0.487 e. The highest BCUT2D eigenvalue weighted by Crippen LogP contribution is 2.48. The van der Waals surface area contributed by atoms with Gasteiger partial charge in [-0.25, -0.2) is 0 Å². The van der Waals surface area contributed by atoms with Crippen molar-refractivity contribution in [3.63, 3.8) is 0 Å². The molecule has 3 rings (SSSR count). The second-order valence-corrected chi connectivity index (χ2v) is 5.08. The third-order valence-electron chi connectivity index (χ3n) is 3.62. The van der Waals surface area contributed by atoms with Gasteiger partial charge >= 0.3 is 0 Å². The molecule has 80 valence electrons. The highest BCUT2D eigenvalue weighted by Gasteiger charge is 2.43. The molecule has 1 aromatic rings. The van der Waals surface area contributed by atoms with E-state index in [1.54, 1.807) is 0 Å². The van der Waals surface area contributed by atoms with Gasteiger partial charge in [-0.05, 0) is 37.3 Å². The molecule has 0 unspecified atom stereocenters. The number of hydrogen-bond acceptors (Lipinski definition) is 2. The predicted octanol–water partition coefficient (Wildman–Crippen LogP) is 2.47. The van der Waals surface area contributed by atoms with Crippen LogP contribution >= 0.6 is 0 Å². The minimum absolute atomic E-state index is 0.156. The van der Waals surface area contributed by atoms with Gasteiger partial charge in [0, 0.05) is 6.42 Å². The van der Waals surface area contributed by atoms with E-state index in [1.165, 1.54) is 5.56 Å². The Bertz CT molecular complexity index is 388. The first-order chi connectivity index (χ1) is 7.16. The molecule has 1 aromatic carbocycles. The molecule has 1 aliphatic carbocycles. The first-order valence-electron chi connectivity index (χ1n) is 5.62. The third-order valence-corrected chi connectivity index (χ3v) is 3.62. The molecule has 0 amide bonds. The van der Waals surface area contributed by atoms with Gasteiger partial charge in [0.2, 0.25) is 0 Å². The summed E-state index contributed by atoms with van der Waals surface area (Å²) in [6.07, 6.45) is 2.48. The number of fused-ring (bicyclic) bond motifs is 4. The lowest BCUT2D eigenvalue weighted by atomic mass is 9.72. The van der Waals surface area contributed by atoms with Crippen molar-refractivity contribution < 1.29 is 9.84 Å². The van der Waals surface area contributed by atoms with Crippen molar-refractivity contribution in [1.29, 1.82) is 0 Å². The first-order valence-corrected chi connectivity index (χ1v) is 5.62. The topological polar surface area (TPSA) is 29.5 Å². The van der Waals surface area contributed by atoms with Gasteiger partial charge < -0.3 is 9.84 Å². The second-order valence-electron chi connectivity index (χ2n) is 5.08. The van der Waals surface area contributed by atoms with Crippen LogP contribution in [0.25, 0.3) is 0 Å². The zero-order valence-electron chi connectivity index (χ0n) is 8.94. The lowest BCUT2D eigenvalue weighted by Gasteiger charge is -2.45. The number of ether oxygens (including phenoxy) is 1. The maximum absolute atomic E-state index is 9.83. The third kappa shape index (κ3) is 1.44. The summed E-state index contributed by atoms with van der Waals surface area (Å²) in [5.41, 5.74) is 1.12. The Balaban J connectivity index is 2.06. The standard InChI is InChI=1S/C13H16O2/c1-13-7-9(6-10(14)8-13)11-4-2-3-5-12(11)15-13/h2-5,9-10,14H,6-8H2,1H3/t9-,10+,13-/m0/s1. The van der Waals surface area contributed by atoms with Crippen molar-refractivity contribution in [1.82, 2.24) is 0 Å². The SMILES string of the molecule is C[C@@]12C[C@H](O)C[C@@H](C1)c1ccccc1O2. The Morgan fingerprint density at radius 1 is 1.33 bits per heavy atom. The fraction of sp³-hybridized carbons (Fsp3) is 0.538. The van der Waals surface area contributed by atoms with Gasteiger partial charge in [-0.1, -0.05) is 18.2 Å². The molecule has 1 N–H and O–H groups in total. The normalized spacial score (nSPS) is 38.0. The minimum atomic E-state index is -0.206. The lowest BCUT2D eigenvalue weighted by molar-refractivity contribution is -0.0362. The Hall–Kier alpha value is -1.02. The van der Waals surface area contributed by atoms with Gasteiger partial charge in [-0.15, -0.1) is 0 Å². The molecule has 0 saturated heterocycles. The van der Waals surface area contributed by atoms with E-state index in [0.717, 1.165) is 25.0 Å². The zero-order valence-corrected chi connectivity index (χ0v) is 8.94. The van der Waals surface area contributed by atoms with Crippen LogP contribution in [-0.2, 0) is 0 Å². The van der Waals surface area contributed by atoms with Gasteiger partial charge in [0.1, 0.15) is 11.4 Å². The lowest BCUT2D eigenvalue weighted by Crippen LogP contribution is -2.45. The molecule has 0 spiro atoms. The average Bonchev–Trinajstić information content (AvgIpc) is 2.15. The highest BCUT2D eigenvalue weighted by atomic mass is 16.5. The van der Waals surface area contributed by atoms with Crippen LogP contribution in [0.1, 0.15) is 37.7 Å². The summed E-state index contributed by atoms with van der Waals surface area (Å²) in [5.74, 6) is 1.49. The Morgan fingerprint density at radius 3 is 3.00 bits per heavy atom. The van der Waals surface area contributed by atoms with Crippen LogP contribution in [-0.4, -0.2) is 16.8 Å². The molecule has 1 saturated carbocycles. The molecular formula is C13H16O2. The van der Waals surface area contributed by atoms with E-state index >= 15 is 0 Å². The number of benzene rings is 1. The van der Waals surface area contributed by atoms with Gasteiger partial charge in [-0.3, -0.25) is 0 Å². The van der Waals surface area contributed by atoms with E-state index in [-0.39, 0.29) is 11.7 Å². The molecule has 1 heterocycles. The van der Waals surface area contributed by atoms with E-state index in [0.29, 0.717) is 5.92 Å². The van der Waals surface area contributed by atoms with Crippen LogP contribution in [0.15, 0.2) is 24.3 Å². The van der Waals surface area contributed by atoms with Crippen molar-refractivity contribution in [2.45, 2.75) is 43.8 Å². The average molecular weight is 204 g/mol. The molecule has 3 atom stereocenters. The number of aliphatic hydroxyl groups is 1. The van der Waals surface area contributed by atoms with Crippen molar-refractivity contribution in [2.24, 2.45) is 0 Å². The maximum atomic E-state index is 9.83. The summed E-state index contributed by atoms with van der Waals surface area (Å²) in [5, 5.41) is 9.83. The fourth-order valence-corrected chi connectivity index (χ4v) is 3.09. The van der Waals surface area contributed by atoms with Gasteiger partial charge in [0.25, 0.3) is 0 Å². The van der Waals surface area contributed by atoms with Crippen LogP contribution in [0.4, 0.5) is 0 Å². The molecule has 15 heavy (non-hydrogen) atoms. The summed E-state index contributed by atoms with van der Waals surface area (Å²) >= 11 is 0. The first kappa shape index (κ1) is 9.22. The fourth-order valence-electron chi connectivity index (χ4n) is 3.09. The van der Waals surface area contributed by atoms with Crippen LogP contribution in [0.5, 0.6) is 5.75 Å².